The fourth-order valence-electron chi connectivity index (χ4n) is 3.89. The molecule has 9 heteroatoms. The molecular weight excluding hydrogens is 458 g/mol. The standard InChI is InChI=1S/C23H18F2O5S2/c24-17-11-12-20-16(13-17)14-23(25,22(20)26)15-21(31(27,28)18-7-3-1-4-8-18)32(29,30)19-9-5-2-6-10-19/h1-13,21H,14-15H2/t23-/m0/s1. The lowest BCUT2D eigenvalue weighted by Gasteiger charge is -2.25. The maximum Gasteiger partial charge on any atom is 0.200 e. The van der Waals surface area contributed by atoms with Crippen molar-refractivity contribution in [2.24, 2.45) is 0 Å². The lowest BCUT2D eigenvalue weighted by atomic mass is 9.98. The van der Waals surface area contributed by atoms with Gasteiger partial charge < -0.3 is 0 Å². The highest BCUT2D eigenvalue weighted by molar-refractivity contribution is 8.09. The van der Waals surface area contributed by atoms with Crippen molar-refractivity contribution in [3.63, 3.8) is 0 Å². The van der Waals surface area contributed by atoms with Gasteiger partial charge in [0.25, 0.3) is 0 Å². The predicted octanol–water partition coefficient (Wildman–Crippen LogP) is 3.94. The third kappa shape index (κ3) is 3.75. The Bertz CT molecular complexity index is 1320. The van der Waals surface area contributed by atoms with Crippen LogP contribution in [0.5, 0.6) is 0 Å². The van der Waals surface area contributed by atoms with Crippen molar-refractivity contribution < 1.29 is 30.4 Å². The first kappa shape index (κ1) is 22.3. The van der Waals surface area contributed by atoms with Crippen LogP contribution in [0.15, 0.2) is 88.7 Å². The quantitative estimate of drug-likeness (QED) is 0.538. The Kier molecular flexibility index (Phi) is 5.50. The SMILES string of the molecule is O=C1c2ccc(F)cc2C[C@]1(F)CC(S(=O)(=O)c1ccccc1)S(=O)(=O)c1ccccc1. The molecule has 0 aliphatic heterocycles. The topological polar surface area (TPSA) is 85.3 Å². The Morgan fingerprint density at radius 2 is 1.31 bits per heavy atom. The molecule has 0 spiro atoms. The van der Waals surface area contributed by atoms with Gasteiger partial charge in [0, 0.05) is 18.4 Å². The molecule has 0 unspecified atom stereocenters. The zero-order valence-corrected chi connectivity index (χ0v) is 18.2. The third-order valence-corrected chi connectivity index (χ3v) is 10.6. The summed E-state index contributed by atoms with van der Waals surface area (Å²) in [6.07, 6.45) is -1.72. The van der Waals surface area contributed by atoms with Gasteiger partial charge in [-0.1, -0.05) is 36.4 Å². The fourth-order valence-corrected chi connectivity index (χ4v) is 8.54. The highest BCUT2D eigenvalue weighted by atomic mass is 32.3. The van der Waals surface area contributed by atoms with E-state index in [1.165, 1.54) is 48.5 Å². The predicted molar refractivity (Wildman–Crippen MR) is 114 cm³/mol. The number of fused-ring (bicyclic) bond motifs is 1. The van der Waals surface area contributed by atoms with Gasteiger partial charge in [0.15, 0.2) is 29.9 Å². The average molecular weight is 477 g/mol. The number of alkyl halides is 1. The molecule has 3 aromatic carbocycles. The van der Waals surface area contributed by atoms with E-state index in [1.54, 1.807) is 12.1 Å². The summed E-state index contributed by atoms with van der Waals surface area (Å²) >= 11 is 0. The fraction of sp³-hybridized carbons (Fsp3) is 0.174. The van der Waals surface area contributed by atoms with Gasteiger partial charge in [-0.2, -0.15) is 0 Å². The van der Waals surface area contributed by atoms with E-state index >= 15 is 4.39 Å². The van der Waals surface area contributed by atoms with E-state index in [-0.39, 0.29) is 20.9 Å². The van der Waals surface area contributed by atoms with Crippen LogP contribution >= 0.6 is 0 Å². The number of halogens is 2. The van der Waals surface area contributed by atoms with Crippen LogP contribution in [0.4, 0.5) is 8.78 Å². The second-order valence-corrected chi connectivity index (χ2v) is 12.2. The van der Waals surface area contributed by atoms with Crippen molar-refractivity contribution in [3.05, 3.63) is 95.8 Å². The molecule has 0 bridgehead atoms. The van der Waals surface area contributed by atoms with Crippen LogP contribution in [-0.4, -0.2) is 32.9 Å². The first-order valence-corrected chi connectivity index (χ1v) is 12.7. The number of hydrogen-bond acceptors (Lipinski definition) is 5. The zero-order chi connectivity index (χ0) is 23.1. The molecule has 0 N–H and O–H groups in total. The molecule has 1 atom stereocenters. The molecule has 3 aromatic rings. The van der Waals surface area contributed by atoms with Gasteiger partial charge in [0.05, 0.1) is 9.79 Å². The van der Waals surface area contributed by atoms with E-state index in [9.17, 15) is 26.0 Å². The van der Waals surface area contributed by atoms with Gasteiger partial charge in [-0.15, -0.1) is 0 Å². The molecule has 1 aliphatic carbocycles. The molecule has 0 heterocycles. The van der Waals surface area contributed by atoms with Gasteiger partial charge >= 0.3 is 0 Å². The number of carbonyl (C=O) groups excluding carboxylic acids is 1. The van der Waals surface area contributed by atoms with E-state index < -0.39 is 54.4 Å². The first-order valence-electron chi connectivity index (χ1n) is 9.66. The van der Waals surface area contributed by atoms with Crippen molar-refractivity contribution in [2.45, 2.75) is 32.9 Å². The minimum absolute atomic E-state index is 0.0745. The normalized spacial score (nSPS) is 18.7. The summed E-state index contributed by atoms with van der Waals surface area (Å²) in [5.74, 6) is -1.73. The number of ketones is 1. The minimum atomic E-state index is -4.61. The highest BCUT2D eigenvalue weighted by Gasteiger charge is 2.53. The molecule has 5 nitrogen and oxygen atoms in total. The van der Waals surface area contributed by atoms with Gasteiger partial charge in [-0.25, -0.2) is 25.6 Å². The Balaban J connectivity index is 1.84. The Labute approximate surface area is 184 Å². The van der Waals surface area contributed by atoms with Crippen LogP contribution in [0.3, 0.4) is 0 Å². The van der Waals surface area contributed by atoms with Crippen molar-refractivity contribution in [1.82, 2.24) is 0 Å². The van der Waals surface area contributed by atoms with Crippen LogP contribution in [0.25, 0.3) is 0 Å². The van der Waals surface area contributed by atoms with Gasteiger partial charge in [0.2, 0.25) is 5.78 Å². The number of carbonyl (C=O) groups is 1. The van der Waals surface area contributed by atoms with Crippen LogP contribution < -0.4 is 0 Å². The molecule has 0 saturated carbocycles. The van der Waals surface area contributed by atoms with Gasteiger partial charge in [-0.05, 0) is 48.0 Å². The van der Waals surface area contributed by atoms with E-state index in [0.29, 0.717) is 0 Å². The molecule has 0 amide bonds. The molecular formula is C23H18F2O5S2. The van der Waals surface area contributed by atoms with E-state index in [1.807, 2.05) is 0 Å². The molecule has 4 rings (SSSR count). The molecule has 32 heavy (non-hydrogen) atoms. The summed E-state index contributed by atoms with van der Waals surface area (Å²) in [4.78, 5) is 12.2. The van der Waals surface area contributed by atoms with E-state index in [0.717, 1.165) is 18.2 Å². The smallest absolute Gasteiger partial charge is 0.200 e. The summed E-state index contributed by atoms with van der Waals surface area (Å²) in [7, 11) is -9.21. The molecule has 166 valence electrons. The Morgan fingerprint density at radius 3 is 1.81 bits per heavy atom. The van der Waals surface area contributed by atoms with Crippen molar-refractivity contribution >= 4 is 25.5 Å². The van der Waals surface area contributed by atoms with Gasteiger partial charge in [-0.3, -0.25) is 4.79 Å². The number of rotatable bonds is 6. The van der Waals surface area contributed by atoms with Gasteiger partial charge in [0.1, 0.15) is 5.82 Å². The monoisotopic (exact) mass is 476 g/mol. The summed E-state index contributed by atoms with van der Waals surface area (Å²) < 4.78 is 80.9. The summed E-state index contributed by atoms with van der Waals surface area (Å²) in [6.45, 7) is 0. The largest absolute Gasteiger partial charge is 0.291 e. The zero-order valence-electron chi connectivity index (χ0n) is 16.6. The molecule has 1 aliphatic rings. The summed E-state index contributed by atoms with van der Waals surface area (Å²) in [6, 6.07) is 16.8. The maximum absolute atomic E-state index is 16.0. The van der Waals surface area contributed by atoms with Crippen LogP contribution in [-0.2, 0) is 26.1 Å². The van der Waals surface area contributed by atoms with Crippen LogP contribution in [0.2, 0.25) is 0 Å². The molecule has 0 radical (unpaired) electrons. The average Bonchev–Trinajstić information content (AvgIpc) is 3.02. The van der Waals surface area contributed by atoms with Crippen molar-refractivity contribution in [2.75, 3.05) is 0 Å². The Morgan fingerprint density at radius 1 is 0.812 bits per heavy atom. The number of benzene rings is 3. The molecule has 0 saturated heterocycles. The highest BCUT2D eigenvalue weighted by Crippen LogP contribution is 2.41. The minimum Gasteiger partial charge on any atom is -0.291 e. The summed E-state index contributed by atoms with van der Waals surface area (Å²) in [5, 5.41) is 0. The first-order chi connectivity index (χ1) is 15.1. The summed E-state index contributed by atoms with van der Waals surface area (Å²) in [5.41, 5.74) is -2.82. The van der Waals surface area contributed by atoms with Crippen molar-refractivity contribution in [3.8, 4) is 0 Å². The molecule has 0 aromatic heterocycles. The number of Topliss-reactive ketones (excluding diaryl/α,β-unsaturated/α-hetero) is 1. The Hall–Kier alpha value is -2.91. The number of sulfone groups is 2. The van der Waals surface area contributed by atoms with Crippen LogP contribution in [0.1, 0.15) is 22.3 Å². The number of hydrogen-bond donors (Lipinski definition) is 0. The van der Waals surface area contributed by atoms with Crippen LogP contribution in [0, 0.1) is 5.82 Å². The van der Waals surface area contributed by atoms with E-state index in [4.69, 9.17) is 0 Å². The maximum atomic E-state index is 16.0. The third-order valence-electron chi connectivity index (χ3n) is 5.52. The lowest BCUT2D eigenvalue weighted by molar-refractivity contribution is 0.0708. The lowest BCUT2D eigenvalue weighted by Crippen LogP contribution is -2.41. The van der Waals surface area contributed by atoms with Crippen molar-refractivity contribution in [1.29, 1.82) is 0 Å². The second-order valence-electron chi connectivity index (χ2n) is 7.62. The second kappa shape index (κ2) is 7.90. The van der Waals surface area contributed by atoms with E-state index in [2.05, 4.69) is 0 Å². The molecule has 0 fully saturated rings.